The maximum Gasteiger partial charge on any atom is 0.270 e. The second kappa shape index (κ2) is 9.36. The zero-order valence-corrected chi connectivity index (χ0v) is 19.8. The number of Topliss-reactive ketones (excluding diaryl/α,β-unsaturated/α-hetero) is 1. The van der Waals surface area contributed by atoms with Crippen molar-refractivity contribution in [2.45, 2.75) is 21.6 Å². The number of sulfone groups is 1. The molecule has 0 aliphatic heterocycles. The van der Waals surface area contributed by atoms with Crippen LogP contribution >= 0.6 is 11.6 Å². The van der Waals surface area contributed by atoms with Crippen molar-refractivity contribution in [2.24, 2.45) is 0 Å². The van der Waals surface area contributed by atoms with Gasteiger partial charge in [0, 0.05) is 29.8 Å². The molecule has 1 N–H and O–H groups in total. The highest BCUT2D eigenvalue weighted by Crippen LogP contribution is 2.33. The maximum atomic E-state index is 13.2. The van der Waals surface area contributed by atoms with E-state index in [1.807, 2.05) is 4.72 Å². The number of halogens is 1. The van der Waals surface area contributed by atoms with E-state index in [-0.39, 0.29) is 16.4 Å². The van der Waals surface area contributed by atoms with Crippen molar-refractivity contribution in [3.05, 3.63) is 85.7 Å². The minimum Gasteiger partial charge on any atom is -0.294 e. The van der Waals surface area contributed by atoms with Gasteiger partial charge in [-0.15, -0.1) is 0 Å². The van der Waals surface area contributed by atoms with Crippen LogP contribution in [0.15, 0.2) is 69.4 Å². The molecule has 13 nitrogen and oxygen atoms in total. The number of anilines is 1. The van der Waals surface area contributed by atoms with Gasteiger partial charge in [0.05, 0.1) is 31.5 Å². The quantitative estimate of drug-likeness (QED) is 0.191. The van der Waals surface area contributed by atoms with E-state index >= 15 is 0 Å². The van der Waals surface area contributed by atoms with Gasteiger partial charge in [-0.1, -0.05) is 11.6 Å². The average Bonchev–Trinajstić information content (AvgIpc) is 2.79. The molecule has 16 heteroatoms. The van der Waals surface area contributed by atoms with E-state index in [0.29, 0.717) is 6.07 Å². The first-order valence-electron chi connectivity index (χ1n) is 9.21. The molecule has 0 aliphatic rings. The number of sulfonamides is 1. The fraction of sp³-hybridized carbons (Fsp3) is 0.0526. The van der Waals surface area contributed by atoms with Crippen LogP contribution in [0, 0.1) is 20.2 Å². The molecular formula is C19H13ClN4O9S2. The van der Waals surface area contributed by atoms with Crippen molar-refractivity contribution in [1.29, 1.82) is 0 Å². The fourth-order valence-electron chi connectivity index (χ4n) is 2.92. The van der Waals surface area contributed by atoms with Gasteiger partial charge in [-0.2, -0.15) is 0 Å². The number of carbonyl (C=O) groups is 1. The van der Waals surface area contributed by atoms with E-state index in [1.165, 1.54) is 0 Å². The van der Waals surface area contributed by atoms with E-state index < -0.39 is 61.6 Å². The molecule has 182 valence electrons. The Morgan fingerprint density at radius 2 is 1.49 bits per heavy atom. The summed E-state index contributed by atoms with van der Waals surface area (Å²) in [5.41, 5.74) is -1.66. The molecule has 0 radical (unpaired) electrons. The van der Waals surface area contributed by atoms with E-state index in [4.69, 9.17) is 11.6 Å². The standard InChI is InChI=1S/C19H13ClN4O9S2/c1-11(25)15-9-19(20)21-10-16(15)22-35(32,33)18-8-13(24(28)29)4-7-17(18)34(30,31)14-5-2-12(3-6-14)23(26)27/h2-10,22H,1H3. The minimum atomic E-state index is -4.86. The largest absolute Gasteiger partial charge is 0.294 e. The normalized spacial score (nSPS) is 11.6. The smallest absolute Gasteiger partial charge is 0.270 e. The number of rotatable bonds is 8. The van der Waals surface area contributed by atoms with Crippen molar-refractivity contribution >= 4 is 54.3 Å². The third-order valence-electron chi connectivity index (χ3n) is 4.57. The first-order chi connectivity index (χ1) is 16.2. The highest BCUT2D eigenvalue weighted by molar-refractivity contribution is 7.95. The number of carbonyl (C=O) groups excluding carboxylic acids is 1. The van der Waals surface area contributed by atoms with Crippen LogP contribution in [0.25, 0.3) is 0 Å². The second-order valence-corrected chi connectivity index (χ2v) is 10.8. The highest BCUT2D eigenvalue weighted by atomic mass is 35.5. The Morgan fingerprint density at radius 3 is 2.03 bits per heavy atom. The molecule has 0 atom stereocenters. The number of hydrogen-bond donors (Lipinski definition) is 1. The summed E-state index contributed by atoms with van der Waals surface area (Å²) < 4.78 is 54.9. The maximum absolute atomic E-state index is 13.2. The van der Waals surface area contributed by atoms with Gasteiger partial charge in [-0.3, -0.25) is 29.7 Å². The van der Waals surface area contributed by atoms with Crippen molar-refractivity contribution in [3.8, 4) is 0 Å². The van der Waals surface area contributed by atoms with E-state index in [9.17, 15) is 41.9 Å². The van der Waals surface area contributed by atoms with Crippen molar-refractivity contribution in [1.82, 2.24) is 4.98 Å². The Balaban J connectivity index is 2.21. The summed E-state index contributed by atoms with van der Waals surface area (Å²) in [5.74, 6) is -0.593. The topological polar surface area (TPSA) is 197 Å². The number of nitrogens with one attached hydrogen (secondary N) is 1. The number of nitrogens with zero attached hydrogens (tertiary/aromatic N) is 3. The predicted octanol–water partition coefficient (Wildman–Crippen LogP) is 3.39. The van der Waals surface area contributed by atoms with Gasteiger partial charge in [-0.25, -0.2) is 21.8 Å². The molecule has 0 fully saturated rings. The van der Waals surface area contributed by atoms with Gasteiger partial charge in [0.25, 0.3) is 21.4 Å². The number of hydrogen-bond acceptors (Lipinski definition) is 10. The molecule has 0 saturated heterocycles. The summed E-state index contributed by atoms with van der Waals surface area (Å²) in [7, 11) is -9.49. The zero-order chi connectivity index (χ0) is 26.1. The van der Waals surface area contributed by atoms with Crippen LogP contribution in [0.2, 0.25) is 5.15 Å². The first-order valence-corrected chi connectivity index (χ1v) is 12.6. The monoisotopic (exact) mass is 540 g/mol. The molecule has 3 aromatic rings. The third-order valence-corrected chi connectivity index (χ3v) is 8.14. The van der Waals surface area contributed by atoms with E-state index in [0.717, 1.165) is 55.6 Å². The number of pyridine rings is 1. The fourth-order valence-corrected chi connectivity index (χ4v) is 6.22. The molecule has 35 heavy (non-hydrogen) atoms. The summed E-state index contributed by atoms with van der Waals surface area (Å²) in [6.07, 6.45) is 0.929. The lowest BCUT2D eigenvalue weighted by atomic mass is 10.2. The molecule has 1 heterocycles. The Kier molecular flexibility index (Phi) is 6.86. The Bertz CT molecular complexity index is 1590. The van der Waals surface area contributed by atoms with Crippen LogP contribution in [0.3, 0.4) is 0 Å². The molecule has 0 spiro atoms. The van der Waals surface area contributed by atoms with Crippen LogP contribution in [0.5, 0.6) is 0 Å². The lowest BCUT2D eigenvalue weighted by Crippen LogP contribution is -2.19. The Hall–Kier alpha value is -3.95. The van der Waals surface area contributed by atoms with Crippen LogP contribution in [-0.2, 0) is 19.9 Å². The summed E-state index contributed by atoms with van der Waals surface area (Å²) >= 11 is 5.75. The Labute approximate surface area is 202 Å². The summed E-state index contributed by atoms with van der Waals surface area (Å²) in [6.45, 7) is 1.13. The van der Waals surface area contributed by atoms with Gasteiger partial charge in [-0.05, 0) is 31.2 Å². The van der Waals surface area contributed by atoms with E-state index in [2.05, 4.69) is 4.98 Å². The predicted molar refractivity (Wildman–Crippen MR) is 122 cm³/mol. The average molecular weight is 541 g/mol. The van der Waals surface area contributed by atoms with E-state index in [1.54, 1.807) is 0 Å². The SMILES string of the molecule is CC(=O)c1cc(Cl)ncc1NS(=O)(=O)c1cc([N+](=O)[O-])ccc1S(=O)(=O)c1ccc([N+](=O)[O-])cc1. The van der Waals surface area contributed by atoms with Gasteiger partial charge >= 0.3 is 0 Å². The molecule has 2 aromatic carbocycles. The number of benzene rings is 2. The number of aromatic nitrogens is 1. The summed E-state index contributed by atoms with van der Waals surface area (Å²) in [4.78, 5) is 33.7. The molecule has 0 bridgehead atoms. The molecule has 0 aliphatic carbocycles. The molecule has 0 amide bonds. The Morgan fingerprint density at radius 1 is 0.914 bits per heavy atom. The molecule has 0 unspecified atom stereocenters. The van der Waals surface area contributed by atoms with Gasteiger partial charge in [0.1, 0.15) is 10.0 Å². The minimum absolute atomic E-state index is 0.116. The highest BCUT2D eigenvalue weighted by Gasteiger charge is 2.31. The lowest BCUT2D eigenvalue weighted by Gasteiger charge is -2.14. The number of ketones is 1. The number of nitro groups is 2. The third kappa shape index (κ3) is 5.26. The van der Waals surface area contributed by atoms with Gasteiger partial charge in [0.15, 0.2) is 5.78 Å². The summed E-state index contributed by atoms with van der Waals surface area (Å²) in [6, 6.07) is 6.76. The van der Waals surface area contributed by atoms with Crippen LogP contribution in [-0.4, -0.2) is 37.4 Å². The van der Waals surface area contributed by atoms with Crippen LogP contribution in [0.1, 0.15) is 17.3 Å². The number of non-ortho nitro benzene ring substituents is 2. The van der Waals surface area contributed by atoms with Crippen LogP contribution in [0.4, 0.5) is 17.1 Å². The van der Waals surface area contributed by atoms with Crippen molar-refractivity contribution in [3.63, 3.8) is 0 Å². The summed E-state index contributed by atoms with van der Waals surface area (Å²) in [5, 5.41) is 22.0. The molecule has 1 aromatic heterocycles. The van der Waals surface area contributed by atoms with Crippen molar-refractivity contribution < 1.29 is 31.5 Å². The van der Waals surface area contributed by atoms with Crippen LogP contribution < -0.4 is 4.72 Å². The second-order valence-electron chi connectivity index (χ2n) is 6.86. The lowest BCUT2D eigenvalue weighted by molar-refractivity contribution is -0.385. The number of nitro benzene ring substituents is 2. The molecule has 3 rings (SSSR count). The zero-order valence-electron chi connectivity index (χ0n) is 17.4. The van der Waals surface area contributed by atoms with Crippen molar-refractivity contribution in [2.75, 3.05) is 4.72 Å². The van der Waals surface area contributed by atoms with Gasteiger partial charge in [0.2, 0.25) is 9.84 Å². The molecular weight excluding hydrogens is 528 g/mol. The van der Waals surface area contributed by atoms with Gasteiger partial charge < -0.3 is 0 Å². The first kappa shape index (κ1) is 25.7. The molecule has 0 saturated carbocycles.